The number of anilines is 3. The molecule has 0 heterocycles. The van der Waals surface area contributed by atoms with E-state index in [1.54, 1.807) is 12.1 Å². The second-order valence-electron chi connectivity index (χ2n) is 4.46. The van der Waals surface area contributed by atoms with Gasteiger partial charge in [0.25, 0.3) is 0 Å². The lowest BCUT2D eigenvalue weighted by atomic mass is 10.2. The Balaban J connectivity index is 2.05. The number of benzene rings is 2. The number of amides is 3. The van der Waals surface area contributed by atoms with Crippen molar-refractivity contribution in [2.75, 3.05) is 16.0 Å². The minimum Gasteiger partial charge on any atom is -0.325 e. The first-order chi connectivity index (χ1) is 10.4. The Morgan fingerprint density at radius 3 is 2.18 bits per heavy atom. The molecule has 0 fully saturated rings. The van der Waals surface area contributed by atoms with Crippen LogP contribution in [0.15, 0.2) is 42.5 Å². The van der Waals surface area contributed by atoms with Crippen molar-refractivity contribution in [2.24, 2.45) is 0 Å². The predicted octanol–water partition coefficient (Wildman–Crippen LogP) is 4.08. The van der Waals surface area contributed by atoms with Gasteiger partial charge >= 0.3 is 6.03 Å². The van der Waals surface area contributed by atoms with Crippen molar-refractivity contribution in [1.82, 2.24) is 0 Å². The molecule has 3 N–H and O–H groups in total. The van der Waals surface area contributed by atoms with Crippen LogP contribution in [0.2, 0.25) is 5.02 Å². The molecule has 0 spiro atoms. The maximum absolute atomic E-state index is 12.8. The van der Waals surface area contributed by atoms with Crippen LogP contribution in [0.4, 0.5) is 26.2 Å². The van der Waals surface area contributed by atoms with Crippen LogP contribution in [0.25, 0.3) is 0 Å². The van der Waals surface area contributed by atoms with Crippen LogP contribution < -0.4 is 16.0 Å². The predicted molar refractivity (Wildman–Crippen MR) is 84.8 cm³/mol. The van der Waals surface area contributed by atoms with Crippen molar-refractivity contribution in [3.63, 3.8) is 0 Å². The van der Waals surface area contributed by atoms with E-state index in [1.165, 1.54) is 37.3 Å². The molecule has 2 rings (SSSR count). The van der Waals surface area contributed by atoms with Gasteiger partial charge in [0.15, 0.2) is 0 Å². The quantitative estimate of drug-likeness (QED) is 0.797. The van der Waals surface area contributed by atoms with Crippen molar-refractivity contribution >= 4 is 40.6 Å². The number of carbonyl (C=O) groups is 2. The van der Waals surface area contributed by atoms with Gasteiger partial charge in [-0.05, 0) is 42.5 Å². The molecule has 0 bridgehead atoms. The molecule has 0 atom stereocenters. The summed E-state index contributed by atoms with van der Waals surface area (Å²) in [6.07, 6.45) is 0. The Bertz CT molecular complexity index is 704. The summed E-state index contributed by atoms with van der Waals surface area (Å²) in [7, 11) is 0. The van der Waals surface area contributed by atoms with E-state index in [-0.39, 0.29) is 11.7 Å². The fourth-order valence-corrected chi connectivity index (χ4v) is 1.88. The zero-order valence-corrected chi connectivity index (χ0v) is 12.4. The molecular formula is C15H13ClFN3O2. The number of nitrogens with one attached hydrogen (secondary N) is 3. The van der Waals surface area contributed by atoms with E-state index in [4.69, 9.17) is 11.6 Å². The monoisotopic (exact) mass is 321 g/mol. The lowest BCUT2D eigenvalue weighted by Gasteiger charge is -2.10. The summed E-state index contributed by atoms with van der Waals surface area (Å²) < 4.78 is 12.8. The van der Waals surface area contributed by atoms with E-state index in [2.05, 4.69) is 16.0 Å². The summed E-state index contributed by atoms with van der Waals surface area (Å²) in [6.45, 7) is 1.36. The third-order valence-electron chi connectivity index (χ3n) is 2.64. The SMILES string of the molecule is CC(=O)Nc1cc(NC(=O)Nc2ccc(F)cc2)ccc1Cl. The molecule has 0 aromatic heterocycles. The highest BCUT2D eigenvalue weighted by molar-refractivity contribution is 6.33. The standard InChI is InChI=1S/C15H13ClFN3O2/c1-9(21)18-14-8-12(6-7-13(14)16)20-15(22)19-11-4-2-10(17)3-5-11/h2-8H,1H3,(H,18,21)(H2,19,20,22). The summed E-state index contributed by atoms with van der Waals surface area (Å²) in [5, 5.41) is 8.07. The Morgan fingerprint density at radius 1 is 0.955 bits per heavy atom. The minimum absolute atomic E-state index is 0.269. The number of rotatable bonds is 3. The molecular weight excluding hydrogens is 309 g/mol. The van der Waals surface area contributed by atoms with Gasteiger partial charge in [0.1, 0.15) is 5.82 Å². The van der Waals surface area contributed by atoms with Gasteiger partial charge in [-0.15, -0.1) is 0 Å². The minimum atomic E-state index is -0.497. The van der Waals surface area contributed by atoms with Crippen molar-refractivity contribution in [1.29, 1.82) is 0 Å². The highest BCUT2D eigenvalue weighted by atomic mass is 35.5. The van der Waals surface area contributed by atoms with E-state index < -0.39 is 6.03 Å². The molecule has 0 aliphatic heterocycles. The van der Waals surface area contributed by atoms with E-state index in [1.807, 2.05) is 0 Å². The Kier molecular flexibility index (Phi) is 4.95. The molecule has 22 heavy (non-hydrogen) atoms. The van der Waals surface area contributed by atoms with Crippen molar-refractivity contribution < 1.29 is 14.0 Å². The summed E-state index contributed by atoms with van der Waals surface area (Å²) in [5.74, 6) is -0.654. The van der Waals surface area contributed by atoms with Crippen molar-refractivity contribution in [3.8, 4) is 0 Å². The van der Waals surface area contributed by atoms with Crippen LogP contribution >= 0.6 is 11.6 Å². The maximum Gasteiger partial charge on any atom is 0.323 e. The molecule has 0 aliphatic rings. The Morgan fingerprint density at radius 2 is 1.55 bits per heavy atom. The molecule has 0 radical (unpaired) electrons. The topological polar surface area (TPSA) is 70.2 Å². The number of hydrogen-bond acceptors (Lipinski definition) is 2. The summed E-state index contributed by atoms with van der Waals surface area (Å²) in [6, 6.07) is 9.56. The third kappa shape index (κ3) is 4.46. The zero-order valence-electron chi connectivity index (χ0n) is 11.6. The zero-order chi connectivity index (χ0) is 16.1. The number of carbonyl (C=O) groups excluding carboxylic acids is 2. The second kappa shape index (κ2) is 6.91. The van der Waals surface area contributed by atoms with E-state index in [0.29, 0.717) is 22.1 Å². The molecule has 5 nitrogen and oxygen atoms in total. The summed E-state index contributed by atoms with van der Waals surface area (Å²) in [5.41, 5.74) is 1.30. The van der Waals surface area contributed by atoms with E-state index in [0.717, 1.165) is 0 Å². The van der Waals surface area contributed by atoms with Gasteiger partial charge in [0, 0.05) is 18.3 Å². The van der Waals surface area contributed by atoms with Crippen LogP contribution in [0.5, 0.6) is 0 Å². The van der Waals surface area contributed by atoms with Gasteiger partial charge in [-0.25, -0.2) is 9.18 Å². The normalized spacial score (nSPS) is 9.95. The Labute approximate surface area is 131 Å². The lowest BCUT2D eigenvalue weighted by Crippen LogP contribution is -2.19. The van der Waals surface area contributed by atoms with Crippen LogP contribution in [0, 0.1) is 5.82 Å². The molecule has 0 unspecified atom stereocenters. The first kappa shape index (κ1) is 15.8. The van der Waals surface area contributed by atoms with Gasteiger partial charge in [-0.1, -0.05) is 11.6 Å². The largest absolute Gasteiger partial charge is 0.325 e. The molecule has 114 valence electrons. The van der Waals surface area contributed by atoms with Crippen LogP contribution in [0.1, 0.15) is 6.92 Å². The van der Waals surface area contributed by atoms with Crippen LogP contribution in [-0.2, 0) is 4.79 Å². The van der Waals surface area contributed by atoms with Gasteiger partial charge in [-0.3, -0.25) is 4.79 Å². The average Bonchev–Trinajstić information content (AvgIpc) is 2.44. The average molecular weight is 322 g/mol. The van der Waals surface area contributed by atoms with Crippen LogP contribution in [0.3, 0.4) is 0 Å². The molecule has 0 aliphatic carbocycles. The number of hydrogen-bond donors (Lipinski definition) is 3. The summed E-state index contributed by atoms with van der Waals surface area (Å²) in [4.78, 5) is 22.9. The molecule has 2 aromatic carbocycles. The first-order valence-corrected chi connectivity index (χ1v) is 6.72. The first-order valence-electron chi connectivity index (χ1n) is 6.35. The molecule has 0 saturated carbocycles. The van der Waals surface area contributed by atoms with E-state index in [9.17, 15) is 14.0 Å². The molecule has 3 amide bonds. The lowest BCUT2D eigenvalue weighted by molar-refractivity contribution is -0.114. The fraction of sp³-hybridized carbons (Fsp3) is 0.0667. The van der Waals surface area contributed by atoms with Gasteiger partial charge in [0.05, 0.1) is 10.7 Å². The Hall–Kier alpha value is -2.60. The molecule has 7 heteroatoms. The maximum atomic E-state index is 12.8. The van der Waals surface area contributed by atoms with Gasteiger partial charge in [0.2, 0.25) is 5.91 Å². The number of urea groups is 1. The van der Waals surface area contributed by atoms with Gasteiger partial charge in [-0.2, -0.15) is 0 Å². The van der Waals surface area contributed by atoms with E-state index >= 15 is 0 Å². The highest BCUT2D eigenvalue weighted by Gasteiger charge is 2.07. The highest BCUT2D eigenvalue weighted by Crippen LogP contribution is 2.25. The molecule has 0 saturated heterocycles. The van der Waals surface area contributed by atoms with Gasteiger partial charge < -0.3 is 16.0 Å². The third-order valence-corrected chi connectivity index (χ3v) is 2.97. The fourth-order valence-electron chi connectivity index (χ4n) is 1.72. The van der Waals surface area contributed by atoms with Crippen molar-refractivity contribution in [3.05, 3.63) is 53.3 Å². The molecule has 2 aromatic rings. The second-order valence-corrected chi connectivity index (χ2v) is 4.87. The smallest absolute Gasteiger partial charge is 0.323 e. The van der Waals surface area contributed by atoms with Crippen LogP contribution in [-0.4, -0.2) is 11.9 Å². The van der Waals surface area contributed by atoms with Crippen molar-refractivity contribution in [2.45, 2.75) is 6.92 Å². The number of halogens is 2. The summed E-state index contributed by atoms with van der Waals surface area (Å²) >= 11 is 5.94.